The summed E-state index contributed by atoms with van der Waals surface area (Å²) >= 11 is 4.67. The topological polar surface area (TPSA) is 39.1 Å². The van der Waals surface area contributed by atoms with Gasteiger partial charge in [-0.2, -0.15) is 0 Å². The normalized spacial score (nSPS) is 13.7. The molecule has 0 fully saturated rings. The molecular formula is C21H21NO2S3. The number of Topliss-reactive ketones (excluding diaryl/α,β-unsaturated/α-hetero) is 1. The van der Waals surface area contributed by atoms with Gasteiger partial charge in [0.15, 0.2) is 5.78 Å². The van der Waals surface area contributed by atoms with Gasteiger partial charge >= 0.3 is 0 Å². The molecule has 0 aliphatic heterocycles. The average molecular weight is 416 g/mol. The molecule has 3 aromatic rings. The van der Waals surface area contributed by atoms with E-state index >= 15 is 0 Å². The fourth-order valence-electron chi connectivity index (χ4n) is 3.54. The first-order valence-electron chi connectivity index (χ1n) is 9.06. The van der Waals surface area contributed by atoms with Crippen molar-refractivity contribution in [2.75, 3.05) is 5.75 Å². The number of aryl methyl sites for hydroxylation is 2. The number of fused-ring (bicyclic) bond motifs is 3. The number of allylic oxidation sites excluding steroid dienone is 1. The van der Waals surface area contributed by atoms with Crippen molar-refractivity contribution in [3.05, 3.63) is 61.4 Å². The van der Waals surface area contributed by atoms with Gasteiger partial charge in [0.05, 0.1) is 21.0 Å². The summed E-state index contributed by atoms with van der Waals surface area (Å²) in [4.78, 5) is 27.9. The zero-order chi connectivity index (χ0) is 19.0. The molecule has 1 aliphatic carbocycles. The second kappa shape index (κ2) is 7.78. The van der Waals surface area contributed by atoms with Crippen LogP contribution in [0, 0.1) is 0 Å². The number of rotatable bonds is 6. The molecule has 4 rings (SSSR count). The Hall–Kier alpha value is -1.63. The number of hydrogen-bond donors (Lipinski definition) is 0. The van der Waals surface area contributed by atoms with Crippen molar-refractivity contribution in [1.29, 1.82) is 0 Å². The molecule has 0 radical (unpaired) electrons. The lowest BCUT2D eigenvalue weighted by Gasteiger charge is -2.14. The third kappa shape index (κ3) is 3.71. The van der Waals surface area contributed by atoms with Crippen LogP contribution in [0.4, 0.5) is 0 Å². The van der Waals surface area contributed by atoms with E-state index in [1.807, 2.05) is 24.4 Å². The lowest BCUT2D eigenvalue weighted by Crippen LogP contribution is -2.23. The smallest absolute Gasteiger partial charge is 0.260 e. The van der Waals surface area contributed by atoms with Crippen molar-refractivity contribution in [3.8, 4) is 0 Å². The van der Waals surface area contributed by atoms with Crippen LogP contribution in [0.25, 0.3) is 10.1 Å². The van der Waals surface area contributed by atoms with Gasteiger partial charge in [-0.3, -0.25) is 14.2 Å². The third-order valence-corrected chi connectivity index (χ3v) is 7.94. The van der Waals surface area contributed by atoms with Gasteiger partial charge in [0, 0.05) is 16.1 Å². The zero-order valence-corrected chi connectivity index (χ0v) is 17.7. The van der Waals surface area contributed by atoms with Gasteiger partial charge in [-0.05, 0) is 55.7 Å². The number of carbonyl (C=O) groups is 1. The molecule has 0 spiro atoms. The predicted molar refractivity (Wildman–Crippen MR) is 117 cm³/mol. The Labute approximate surface area is 170 Å². The first-order chi connectivity index (χ1) is 13.0. The van der Waals surface area contributed by atoms with Crippen LogP contribution in [-0.2, 0) is 19.4 Å². The SMILES string of the molecule is C=C(C)Cn1c(SCC(=O)c2cccs2)cc2sc3c(c2c1=O)CCCC3. The molecular weight excluding hydrogens is 394 g/mol. The molecule has 140 valence electrons. The zero-order valence-electron chi connectivity index (χ0n) is 15.2. The molecule has 3 aromatic heterocycles. The minimum absolute atomic E-state index is 0.0703. The molecule has 0 bridgehead atoms. The van der Waals surface area contributed by atoms with Gasteiger partial charge in [0.25, 0.3) is 5.56 Å². The molecule has 27 heavy (non-hydrogen) atoms. The number of hydrogen-bond acceptors (Lipinski definition) is 5. The molecule has 0 saturated carbocycles. The highest BCUT2D eigenvalue weighted by atomic mass is 32.2. The molecule has 3 heterocycles. The Kier molecular flexibility index (Phi) is 5.39. The third-order valence-electron chi connectivity index (χ3n) is 4.75. The highest BCUT2D eigenvalue weighted by molar-refractivity contribution is 8.00. The fourth-order valence-corrected chi connectivity index (χ4v) is 6.63. The summed E-state index contributed by atoms with van der Waals surface area (Å²) < 4.78 is 2.87. The Balaban J connectivity index is 1.75. The van der Waals surface area contributed by atoms with Crippen molar-refractivity contribution in [3.63, 3.8) is 0 Å². The molecule has 0 amide bonds. The second-order valence-electron chi connectivity index (χ2n) is 6.97. The minimum atomic E-state index is 0.0703. The van der Waals surface area contributed by atoms with Crippen LogP contribution in [0.2, 0.25) is 0 Å². The summed E-state index contributed by atoms with van der Waals surface area (Å²) in [6.45, 7) is 6.42. The van der Waals surface area contributed by atoms with Crippen LogP contribution in [0.3, 0.4) is 0 Å². The number of ketones is 1. The molecule has 1 aliphatic rings. The number of aromatic nitrogens is 1. The number of carbonyl (C=O) groups excluding carboxylic acids is 1. The largest absolute Gasteiger partial charge is 0.298 e. The Morgan fingerprint density at radius 2 is 2.15 bits per heavy atom. The van der Waals surface area contributed by atoms with E-state index in [2.05, 4.69) is 12.6 Å². The van der Waals surface area contributed by atoms with E-state index in [0.29, 0.717) is 12.3 Å². The summed E-state index contributed by atoms with van der Waals surface area (Å²) in [5.41, 5.74) is 2.26. The molecule has 3 nitrogen and oxygen atoms in total. The monoisotopic (exact) mass is 415 g/mol. The number of thioether (sulfide) groups is 1. The van der Waals surface area contributed by atoms with Gasteiger partial charge in [-0.25, -0.2) is 0 Å². The molecule has 0 aromatic carbocycles. The van der Waals surface area contributed by atoms with Crippen LogP contribution < -0.4 is 5.56 Å². The van der Waals surface area contributed by atoms with Crippen molar-refractivity contribution < 1.29 is 4.79 Å². The molecule has 0 N–H and O–H groups in total. The highest BCUT2D eigenvalue weighted by Gasteiger charge is 2.21. The maximum atomic E-state index is 13.3. The van der Waals surface area contributed by atoms with E-state index in [1.54, 1.807) is 15.9 Å². The van der Waals surface area contributed by atoms with Crippen LogP contribution in [0.5, 0.6) is 0 Å². The van der Waals surface area contributed by atoms with E-state index in [4.69, 9.17) is 0 Å². The van der Waals surface area contributed by atoms with E-state index in [0.717, 1.165) is 44.8 Å². The molecule has 0 atom stereocenters. The maximum Gasteiger partial charge on any atom is 0.260 e. The molecule has 0 saturated heterocycles. The standard InChI is InChI=1S/C21H21NO2S3/c1-13(2)11-22-19(26-12-15(23)17-8-5-9-25-17)10-18-20(21(22)24)14-6-3-4-7-16(14)27-18/h5,8-10H,1,3-4,6-7,11-12H2,2H3. The van der Waals surface area contributed by atoms with Crippen LogP contribution in [-0.4, -0.2) is 16.1 Å². The summed E-state index contributed by atoms with van der Waals surface area (Å²) in [7, 11) is 0. The van der Waals surface area contributed by atoms with Gasteiger partial charge in [0.2, 0.25) is 0 Å². The summed E-state index contributed by atoms with van der Waals surface area (Å²) in [5.74, 6) is 0.446. The van der Waals surface area contributed by atoms with Crippen LogP contribution >= 0.6 is 34.4 Å². The van der Waals surface area contributed by atoms with E-state index in [1.165, 1.54) is 40.0 Å². The summed E-state index contributed by atoms with van der Waals surface area (Å²) in [6.07, 6.45) is 4.44. The molecule has 0 unspecified atom stereocenters. The maximum absolute atomic E-state index is 13.3. The molecule has 6 heteroatoms. The summed E-state index contributed by atoms with van der Waals surface area (Å²) in [6, 6.07) is 5.85. The van der Waals surface area contributed by atoms with Gasteiger partial charge < -0.3 is 0 Å². The summed E-state index contributed by atoms with van der Waals surface area (Å²) in [5, 5.41) is 3.67. The lowest BCUT2D eigenvalue weighted by atomic mass is 9.97. The average Bonchev–Trinajstić information content (AvgIpc) is 3.29. The Morgan fingerprint density at radius 3 is 2.89 bits per heavy atom. The second-order valence-corrected chi connectivity index (χ2v) is 10.1. The fraction of sp³-hybridized carbons (Fsp3) is 0.333. The highest BCUT2D eigenvalue weighted by Crippen LogP contribution is 2.36. The van der Waals surface area contributed by atoms with E-state index < -0.39 is 0 Å². The van der Waals surface area contributed by atoms with Crippen molar-refractivity contribution >= 4 is 50.3 Å². The first-order valence-corrected chi connectivity index (χ1v) is 11.7. The van der Waals surface area contributed by atoms with E-state index in [9.17, 15) is 9.59 Å². The van der Waals surface area contributed by atoms with Gasteiger partial charge in [0.1, 0.15) is 0 Å². The first kappa shape index (κ1) is 18.7. The predicted octanol–water partition coefficient (Wildman–Crippen LogP) is 5.55. The van der Waals surface area contributed by atoms with Crippen molar-refractivity contribution in [2.24, 2.45) is 0 Å². The number of nitrogens with zero attached hydrogens (tertiary/aromatic N) is 1. The van der Waals surface area contributed by atoms with Gasteiger partial charge in [-0.15, -0.1) is 22.7 Å². The lowest BCUT2D eigenvalue weighted by molar-refractivity contribution is 0.102. The van der Waals surface area contributed by atoms with Crippen LogP contribution in [0.1, 0.15) is 39.9 Å². The Morgan fingerprint density at radius 1 is 1.33 bits per heavy atom. The number of pyridine rings is 1. The van der Waals surface area contributed by atoms with Gasteiger partial charge in [-0.1, -0.05) is 30.0 Å². The van der Waals surface area contributed by atoms with Crippen LogP contribution in [0.15, 0.2) is 45.6 Å². The van der Waals surface area contributed by atoms with Crippen molar-refractivity contribution in [2.45, 2.75) is 44.2 Å². The minimum Gasteiger partial charge on any atom is -0.298 e. The van der Waals surface area contributed by atoms with E-state index in [-0.39, 0.29) is 11.3 Å². The quantitative estimate of drug-likeness (QED) is 0.301. The number of thiophene rings is 2. The van der Waals surface area contributed by atoms with Crippen molar-refractivity contribution in [1.82, 2.24) is 4.57 Å². The Bertz CT molecular complexity index is 1070.